The first-order chi connectivity index (χ1) is 21.6. The Bertz CT molecular complexity index is 671. The lowest BCUT2D eigenvalue weighted by atomic mass is 10.1. The Labute approximate surface area is 273 Å². The first-order valence-corrected chi connectivity index (χ1v) is 18.9. The molecule has 0 rings (SSSR count). The molecule has 0 saturated carbocycles. The number of hydrogen-bond donors (Lipinski definition) is 0. The molecule has 0 heterocycles. The zero-order valence-corrected chi connectivity index (χ0v) is 29.4. The molecule has 1 atom stereocenters. The molecule has 5 nitrogen and oxygen atoms in total. The maximum absolute atomic E-state index is 12.5. The Morgan fingerprint density at radius 1 is 0.500 bits per heavy atom. The SMILES string of the molecule is CCC/C=C\C/C=C\CCCCCCCC(=O)OCC(COCCCCCCCC)OC(=O)CCCCCCCCCCC. The standard InChI is InChI=1S/C39H72O5/c1-4-7-10-13-16-18-19-20-21-23-24-26-29-32-38(40)43-36-37(35-42-34-31-28-15-12-9-6-3)44-39(41)33-30-27-25-22-17-14-11-8-5-2/h10,13,18-19,37H,4-9,11-12,14-17,20-36H2,1-3H3/b13-10-,19-18-. The molecule has 5 heteroatoms. The van der Waals surface area contributed by atoms with E-state index in [4.69, 9.17) is 14.2 Å². The second-order valence-electron chi connectivity index (χ2n) is 12.5. The van der Waals surface area contributed by atoms with Crippen LogP contribution in [-0.2, 0) is 23.8 Å². The van der Waals surface area contributed by atoms with Crippen molar-refractivity contribution in [1.29, 1.82) is 0 Å². The van der Waals surface area contributed by atoms with Crippen LogP contribution in [0.1, 0.15) is 188 Å². The fourth-order valence-corrected chi connectivity index (χ4v) is 5.13. The van der Waals surface area contributed by atoms with Crippen molar-refractivity contribution in [3.8, 4) is 0 Å². The van der Waals surface area contributed by atoms with Gasteiger partial charge >= 0.3 is 11.9 Å². The van der Waals surface area contributed by atoms with Crippen LogP contribution in [0.15, 0.2) is 24.3 Å². The second kappa shape index (κ2) is 35.9. The Kier molecular flexibility index (Phi) is 34.5. The summed E-state index contributed by atoms with van der Waals surface area (Å²) in [6.07, 6.45) is 37.4. The highest BCUT2D eigenvalue weighted by Crippen LogP contribution is 2.13. The van der Waals surface area contributed by atoms with Crippen molar-refractivity contribution >= 4 is 11.9 Å². The van der Waals surface area contributed by atoms with Crippen molar-refractivity contribution in [3.05, 3.63) is 24.3 Å². The smallest absolute Gasteiger partial charge is 0.306 e. The molecule has 1 unspecified atom stereocenters. The highest BCUT2D eigenvalue weighted by Gasteiger charge is 2.17. The summed E-state index contributed by atoms with van der Waals surface area (Å²) in [6, 6.07) is 0. The van der Waals surface area contributed by atoms with E-state index < -0.39 is 6.10 Å². The number of carbonyl (C=O) groups excluding carboxylic acids is 2. The minimum absolute atomic E-state index is 0.0821. The molecular formula is C39H72O5. The molecule has 0 aromatic heterocycles. The van der Waals surface area contributed by atoms with Gasteiger partial charge in [0.2, 0.25) is 0 Å². The van der Waals surface area contributed by atoms with E-state index in [2.05, 4.69) is 45.1 Å². The lowest BCUT2D eigenvalue weighted by Crippen LogP contribution is -2.30. The van der Waals surface area contributed by atoms with Crippen LogP contribution in [0.2, 0.25) is 0 Å². The lowest BCUT2D eigenvalue weighted by Gasteiger charge is -2.18. The fraction of sp³-hybridized carbons (Fsp3) is 0.846. The van der Waals surface area contributed by atoms with Crippen LogP contribution in [0.3, 0.4) is 0 Å². The van der Waals surface area contributed by atoms with Crippen LogP contribution in [0.5, 0.6) is 0 Å². The van der Waals surface area contributed by atoms with E-state index in [0.29, 0.717) is 19.4 Å². The van der Waals surface area contributed by atoms with Gasteiger partial charge in [0.15, 0.2) is 6.10 Å². The molecule has 0 aliphatic rings. The van der Waals surface area contributed by atoms with Gasteiger partial charge in [0.25, 0.3) is 0 Å². The summed E-state index contributed by atoms with van der Waals surface area (Å²) in [7, 11) is 0. The van der Waals surface area contributed by atoms with Gasteiger partial charge < -0.3 is 14.2 Å². The molecule has 0 aromatic rings. The van der Waals surface area contributed by atoms with Crippen LogP contribution in [0.25, 0.3) is 0 Å². The predicted octanol–water partition coefficient (Wildman–Crippen LogP) is 11.8. The highest BCUT2D eigenvalue weighted by atomic mass is 16.6. The van der Waals surface area contributed by atoms with Gasteiger partial charge in [-0.2, -0.15) is 0 Å². The average Bonchev–Trinajstić information content (AvgIpc) is 3.02. The molecule has 44 heavy (non-hydrogen) atoms. The number of esters is 2. The third kappa shape index (κ3) is 33.3. The third-order valence-corrected chi connectivity index (χ3v) is 7.97. The van der Waals surface area contributed by atoms with Gasteiger partial charge in [-0.25, -0.2) is 0 Å². The average molecular weight is 621 g/mol. The molecule has 0 aromatic carbocycles. The maximum atomic E-state index is 12.5. The molecule has 0 spiro atoms. The lowest BCUT2D eigenvalue weighted by molar-refractivity contribution is -0.163. The molecule has 258 valence electrons. The van der Waals surface area contributed by atoms with Crippen molar-refractivity contribution in [2.75, 3.05) is 19.8 Å². The van der Waals surface area contributed by atoms with Gasteiger partial charge in [-0.3, -0.25) is 9.59 Å². The molecule has 0 aliphatic carbocycles. The predicted molar refractivity (Wildman–Crippen MR) is 187 cm³/mol. The zero-order valence-electron chi connectivity index (χ0n) is 29.4. The number of carbonyl (C=O) groups is 2. The molecule has 0 radical (unpaired) electrons. The maximum Gasteiger partial charge on any atom is 0.306 e. The quantitative estimate of drug-likeness (QED) is 0.0407. The number of hydrogen-bond acceptors (Lipinski definition) is 5. The number of unbranched alkanes of at least 4 members (excludes halogenated alkanes) is 19. The number of ether oxygens (including phenoxy) is 3. The van der Waals surface area contributed by atoms with Gasteiger partial charge in [0, 0.05) is 19.4 Å². The first-order valence-electron chi connectivity index (χ1n) is 18.9. The minimum Gasteiger partial charge on any atom is -0.462 e. The molecule has 0 saturated heterocycles. The van der Waals surface area contributed by atoms with Gasteiger partial charge in [0.1, 0.15) is 6.61 Å². The van der Waals surface area contributed by atoms with Crippen molar-refractivity contribution < 1.29 is 23.8 Å². The molecular weight excluding hydrogens is 548 g/mol. The van der Waals surface area contributed by atoms with Crippen LogP contribution in [-0.4, -0.2) is 37.9 Å². The summed E-state index contributed by atoms with van der Waals surface area (Å²) >= 11 is 0. The van der Waals surface area contributed by atoms with Gasteiger partial charge in [-0.05, 0) is 44.9 Å². The summed E-state index contributed by atoms with van der Waals surface area (Å²) in [5, 5.41) is 0. The van der Waals surface area contributed by atoms with Gasteiger partial charge in [-0.1, -0.05) is 154 Å². The Balaban J connectivity index is 4.17. The monoisotopic (exact) mass is 621 g/mol. The van der Waals surface area contributed by atoms with E-state index in [9.17, 15) is 9.59 Å². The fourth-order valence-electron chi connectivity index (χ4n) is 5.13. The minimum atomic E-state index is -0.528. The van der Waals surface area contributed by atoms with Crippen LogP contribution < -0.4 is 0 Å². The van der Waals surface area contributed by atoms with Gasteiger partial charge in [0.05, 0.1) is 6.61 Å². The summed E-state index contributed by atoms with van der Waals surface area (Å²) in [6.45, 7) is 7.69. The summed E-state index contributed by atoms with van der Waals surface area (Å²) in [5.41, 5.74) is 0. The van der Waals surface area contributed by atoms with Crippen LogP contribution in [0.4, 0.5) is 0 Å². The van der Waals surface area contributed by atoms with Crippen molar-refractivity contribution in [3.63, 3.8) is 0 Å². The van der Waals surface area contributed by atoms with E-state index >= 15 is 0 Å². The summed E-state index contributed by atoms with van der Waals surface area (Å²) < 4.78 is 17.1. The molecule has 0 bridgehead atoms. The number of rotatable bonds is 34. The van der Waals surface area contributed by atoms with Crippen LogP contribution >= 0.6 is 0 Å². The molecule has 0 aliphatic heterocycles. The third-order valence-electron chi connectivity index (χ3n) is 7.97. The van der Waals surface area contributed by atoms with E-state index in [1.54, 1.807) is 0 Å². The topological polar surface area (TPSA) is 61.8 Å². The second-order valence-corrected chi connectivity index (χ2v) is 12.5. The van der Waals surface area contributed by atoms with E-state index in [1.807, 2.05) is 0 Å². The Morgan fingerprint density at radius 3 is 1.59 bits per heavy atom. The highest BCUT2D eigenvalue weighted by molar-refractivity contribution is 5.70. The normalized spacial score (nSPS) is 12.3. The van der Waals surface area contributed by atoms with Gasteiger partial charge in [-0.15, -0.1) is 0 Å². The van der Waals surface area contributed by atoms with Crippen molar-refractivity contribution in [2.45, 2.75) is 194 Å². The largest absolute Gasteiger partial charge is 0.462 e. The van der Waals surface area contributed by atoms with Crippen molar-refractivity contribution in [2.24, 2.45) is 0 Å². The van der Waals surface area contributed by atoms with E-state index in [-0.39, 0.29) is 25.2 Å². The summed E-state index contributed by atoms with van der Waals surface area (Å²) in [4.78, 5) is 24.9. The van der Waals surface area contributed by atoms with E-state index in [0.717, 1.165) is 57.8 Å². The Morgan fingerprint density at radius 2 is 1.00 bits per heavy atom. The first kappa shape index (κ1) is 42.4. The van der Waals surface area contributed by atoms with Crippen LogP contribution in [0, 0.1) is 0 Å². The molecule has 0 amide bonds. The Hall–Kier alpha value is -1.62. The van der Waals surface area contributed by atoms with Crippen molar-refractivity contribution in [1.82, 2.24) is 0 Å². The zero-order chi connectivity index (χ0) is 32.2. The molecule has 0 N–H and O–H groups in total. The molecule has 0 fully saturated rings. The summed E-state index contributed by atoms with van der Waals surface area (Å²) in [5.74, 6) is -0.417. The number of allylic oxidation sites excluding steroid dienone is 4. The van der Waals surface area contributed by atoms with E-state index in [1.165, 1.54) is 96.3 Å².